The number of carbonyl (C=O) groups excluding carboxylic acids is 1. The molecule has 2 aromatic heterocycles. The highest BCUT2D eigenvalue weighted by atomic mass is 32.1. The molecule has 7 heteroatoms. The Bertz CT molecular complexity index is 1360. The summed E-state index contributed by atoms with van der Waals surface area (Å²) in [5.41, 5.74) is 13.1. The number of benzene rings is 1. The number of carbonyl (C=O) groups is 1. The predicted molar refractivity (Wildman–Crippen MR) is 116 cm³/mol. The van der Waals surface area contributed by atoms with Crippen molar-refractivity contribution in [1.29, 1.82) is 0 Å². The number of nitrogen functional groups attached to an aromatic ring is 1. The molecule has 0 bridgehead atoms. The summed E-state index contributed by atoms with van der Waals surface area (Å²) < 4.78 is 7.94. The van der Waals surface area contributed by atoms with E-state index in [0.29, 0.717) is 22.3 Å². The smallest absolute Gasteiger partial charge is 0.343 e. The lowest BCUT2D eigenvalue weighted by molar-refractivity contribution is -0.172. The molecule has 2 aliphatic heterocycles. The number of aliphatic hydroxyl groups is 1. The van der Waals surface area contributed by atoms with Gasteiger partial charge in [-0.15, -0.1) is 0 Å². The zero-order valence-electron chi connectivity index (χ0n) is 16.6. The zero-order chi connectivity index (χ0) is 20.8. The summed E-state index contributed by atoms with van der Waals surface area (Å²) in [4.78, 5) is 17.4. The van der Waals surface area contributed by atoms with Crippen LogP contribution in [0.25, 0.3) is 22.3 Å². The molecule has 0 fully saturated rings. The van der Waals surface area contributed by atoms with Gasteiger partial charge in [0.1, 0.15) is 11.2 Å². The lowest BCUT2D eigenvalue weighted by atomic mass is 9.85. The van der Waals surface area contributed by atoms with Gasteiger partial charge >= 0.3 is 5.97 Å². The predicted octanol–water partition coefficient (Wildman–Crippen LogP) is 3.52. The first kappa shape index (κ1) is 18.0. The number of aryl methyl sites for hydroxylation is 2. The van der Waals surface area contributed by atoms with Crippen molar-refractivity contribution in [3.05, 3.63) is 50.7 Å². The molecule has 30 heavy (non-hydrogen) atoms. The number of esters is 1. The lowest BCUT2D eigenvalue weighted by Crippen LogP contribution is -2.41. The van der Waals surface area contributed by atoms with Gasteiger partial charge in [-0.3, -0.25) is 0 Å². The Balaban J connectivity index is 1.68. The zero-order valence-corrected chi connectivity index (χ0v) is 17.4. The van der Waals surface area contributed by atoms with E-state index < -0.39 is 11.6 Å². The van der Waals surface area contributed by atoms with E-state index in [0.717, 1.165) is 41.9 Å². The number of nitrogens with zero attached hydrogens (tertiary/aromatic N) is 2. The first-order valence-corrected chi connectivity index (χ1v) is 10.7. The van der Waals surface area contributed by atoms with Crippen molar-refractivity contribution in [2.45, 2.75) is 51.4 Å². The number of cyclic esters (lactones) is 1. The normalized spacial score (nSPS) is 21.2. The second-order valence-corrected chi connectivity index (χ2v) is 8.79. The quantitative estimate of drug-likeness (QED) is 0.279. The second-order valence-electron chi connectivity index (χ2n) is 8.40. The summed E-state index contributed by atoms with van der Waals surface area (Å²) in [7, 11) is 0. The first-order valence-electron chi connectivity index (χ1n) is 10.3. The molecule has 152 valence electrons. The van der Waals surface area contributed by atoms with E-state index in [1.54, 1.807) is 6.92 Å². The maximum atomic E-state index is 12.4. The van der Waals surface area contributed by atoms with Crippen molar-refractivity contribution in [3.63, 3.8) is 0 Å². The number of nitrogens with two attached hydrogens (primary N) is 1. The van der Waals surface area contributed by atoms with Crippen molar-refractivity contribution in [3.8, 4) is 11.4 Å². The SMILES string of the molecule is CC[C@@]1(O)C(=O)OCc2c1cc1n(c2=S)Cc2c-1nc1ccc(N)c3c1c2CCC3. The molecule has 3 aliphatic rings. The summed E-state index contributed by atoms with van der Waals surface area (Å²) in [6.45, 7) is 2.51. The maximum Gasteiger partial charge on any atom is 0.343 e. The second kappa shape index (κ2) is 5.89. The van der Waals surface area contributed by atoms with Gasteiger partial charge in [-0.05, 0) is 55.0 Å². The van der Waals surface area contributed by atoms with Gasteiger partial charge in [0.05, 0.1) is 23.4 Å². The maximum absolute atomic E-state index is 12.4. The van der Waals surface area contributed by atoms with E-state index in [-0.39, 0.29) is 13.0 Å². The molecule has 1 aromatic carbocycles. The highest BCUT2D eigenvalue weighted by molar-refractivity contribution is 7.71. The standard InChI is InChI=1S/C23H21N3O3S/c1-2-23(28)15-8-18-20-13(9-26(18)21(30)14(15)10-29-22(23)27)11-4-3-5-12-16(24)6-7-17(25-20)19(11)12/h6-8,28H,2-5,9-10,24H2,1H3/t23-/m0/s1. The first-order chi connectivity index (χ1) is 14.4. The topological polar surface area (TPSA) is 90.4 Å². The molecule has 6 rings (SSSR count). The van der Waals surface area contributed by atoms with Gasteiger partial charge in [0.2, 0.25) is 0 Å². The average molecular weight is 420 g/mol. The number of pyridine rings is 2. The van der Waals surface area contributed by atoms with Crippen LogP contribution in [-0.2, 0) is 41.1 Å². The molecule has 3 N–H and O–H groups in total. The third kappa shape index (κ3) is 2.09. The Hall–Kier alpha value is -2.77. The molecule has 3 aromatic rings. The van der Waals surface area contributed by atoms with Crippen LogP contribution >= 0.6 is 12.2 Å². The van der Waals surface area contributed by atoms with Crippen LogP contribution in [0.2, 0.25) is 0 Å². The molecule has 0 radical (unpaired) electrons. The van der Waals surface area contributed by atoms with E-state index in [1.807, 2.05) is 18.2 Å². The molecule has 1 aliphatic carbocycles. The van der Waals surface area contributed by atoms with Gasteiger partial charge in [-0.1, -0.05) is 19.1 Å². The number of ether oxygens (including phenoxy) is 1. The van der Waals surface area contributed by atoms with Crippen LogP contribution in [0.15, 0.2) is 18.2 Å². The van der Waals surface area contributed by atoms with Crippen molar-refractivity contribution in [1.82, 2.24) is 9.55 Å². The molecule has 1 atom stereocenters. The molecule has 0 saturated heterocycles. The van der Waals surface area contributed by atoms with Crippen LogP contribution in [0, 0.1) is 4.64 Å². The summed E-state index contributed by atoms with van der Waals surface area (Å²) in [6, 6.07) is 5.82. The Kier molecular flexibility index (Phi) is 3.54. The van der Waals surface area contributed by atoms with Gasteiger partial charge < -0.3 is 20.1 Å². The van der Waals surface area contributed by atoms with E-state index in [4.69, 9.17) is 27.7 Å². The molecule has 0 unspecified atom stereocenters. The number of anilines is 1. The molecule has 6 nitrogen and oxygen atoms in total. The Morgan fingerprint density at radius 3 is 2.87 bits per heavy atom. The van der Waals surface area contributed by atoms with Gasteiger partial charge in [-0.2, -0.15) is 0 Å². The van der Waals surface area contributed by atoms with Gasteiger partial charge in [-0.25, -0.2) is 9.78 Å². The van der Waals surface area contributed by atoms with Crippen molar-refractivity contribution < 1.29 is 14.6 Å². The number of fused-ring (bicyclic) bond motifs is 5. The number of hydrogen-bond donors (Lipinski definition) is 2. The largest absolute Gasteiger partial charge is 0.458 e. The molecule has 0 saturated carbocycles. The monoisotopic (exact) mass is 419 g/mol. The Morgan fingerprint density at radius 1 is 1.27 bits per heavy atom. The lowest BCUT2D eigenvalue weighted by Gasteiger charge is -2.32. The average Bonchev–Trinajstić information content (AvgIpc) is 3.13. The van der Waals surface area contributed by atoms with Crippen LogP contribution in [0.5, 0.6) is 0 Å². The third-order valence-electron chi connectivity index (χ3n) is 6.97. The number of aromatic nitrogens is 2. The highest BCUT2D eigenvalue weighted by Gasteiger charge is 2.45. The van der Waals surface area contributed by atoms with Crippen molar-refractivity contribution in [2.75, 3.05) is 5.73 Å². The van der Waals surface area contributed by atoms with E-state index >= 15 is 0 Å². The highest BCUT2D eigenvalue weighted by Crippen LogP contribution is 2.44. The molecule has 0 amide bonds. The Morgan fingerprint density at radius 2 is 2.07 bits per heavy atom. The van der Waals surface area contributed by atoms with Crippen molar-refractivity contribution >= 4 is 34.8 Å². The summed E-state index contributed by atoms with van der Waals surface area (Å²) in [5.74, 6) is -0.614. The molecule has 4 heterocycles. The molecule has 0 spiro atoms. The molecular formula is C23H21N3O3S. The van der Waals surface area contributed by atoms with E-state index in [2.05, 4.69) is 4.57 Å². The summed E-state index contributed by atoms with van der Waals surface area (Å²) in [6.07, 6.45) is 3.24. The summed E-state index contributed by atoms with van der Waals surface area (Å²) >= 11 is 5.80. The minimum absolute atomic E-state index is 0.0921. The number of rotatable bonds is 1. The van der Waals surface area contributed by atoms with Crippen LogP contribution in [0.3, 0.4) is 0 Å². The van der Waals surface area contributed by atoms with Crippen LogP contribution in [0.1, 0.15) is 47.6 Å². The number of hydrogen-bond acceptors (Lipinski definition) is 6. The fourth-order valence-corrected chi connectivity index (χ4v) is 5.68. The fraction of sp³-hybridized carbons (Fsp3) is 0.348. The van der Waals surface area contributed by atoms with Crippen LogP contribution in [0.4, 0.5) is 5.69 Å². The third-order valence-corrected chi connectivity index (χ3v) is 7.43. The van der Waals surface area contributed by atoms with Gasteiger partial charge in [0.15, 0.2) is 5.60 Å². The van der Waals surface area contributed by atoms with Crippen molar-refractivity contribution in [2.24, 2.45) is 0 Å². The molecular weight excluding hydrogens is 398 g/mol. The minimum Gasteiger partial charge on any atom is -0.458 e. The minimum atomic E-state index is -1.67. The van der Waals surface area contributed by atoms with Crippen LogP contribution < -0.4 is 5.73 Å². The Labute approximate surface area is 178 Å². The van der Waals surface area contributed by atoms with Crippen LogP contribution in [-0.4, -0.2) is 20.6 Å². The van der Waals surface area contributed by atoms with Gasteiger partial charge in [0, 0.05) is 27.8 Å². The summed E-state index contributed by atoms with van der Waals surface area (Å²) in [5, 5.41) is 12.3. The van der Waals surface area contributed by atoms with E-state index in [9.17, 15) is 9.90 Å². The fourth-order valence-electron chi connectivity index (χ4n) is 5.34. The van der Waals surface area contributed by atoms with E-state index in [1.165, 1.54) is 22.1 Å². The van der Waals surface area contributed by atoms with Gasteiger partial charge in [0.25, 0.3) is 0 Å².